The fraction of sp³-hybridized carbons (Fsp3) is 0.389. The highest BCUT2D eigenvalue weighted by atomic mass is 19.3. The summed E-state index contributed by atoms with van der Waals surface area (Å²) in [6.45, 7) is 3.67. The van der Waals surface area contributed by atoms with Gasteiger partial charge in [-0.3, -0.25) is 9.69 Å². The maximum atomic E-state index is 12.5. The summed E-state index contributed by atoms with van der Waals surface area (Å²) in [6, 6.07) is 12.8. The second-order valence-corrected chi connectivity index (χ2v) is 5.87. The molecule has 1 aliphatic rings. The van der Waals surface area contributed by atoms with Crippen LogP contribution in [0.2, 0.25) is 0 Å². The van der Waals surface area contributed by atoms with E-state index in [9.17, 15) is 13.6 Å². The zero-order valence-electron chi connectivity index (χ0n) is 13.3. The molecule has 1 aliphatic heterocycles. The van der Waals surface area contributed by atoms with Crippen molar-refractivity contribution in [3.63, 3.8) is 0 Å². The monoisotopic (exact) mass is 334 g/mol. The molecule has 2 aromatic rings. The van der Waals surface area contributed by atoms with Crippen molar-refractivity contribution in [2.45, 2.75) is 12.8 Å². The summed E-state index contributed by atoms with van der Waals surface area (Å²) in [5, 5.41) is 0. The zero-order chi connectivity index (χ0) is 16.9. The first-order chi connectivity index (χ1) is 11.6. The molecule has 1 amide bonds. The van der Waals surface area contributed by atoms with E-state index in [1.807, 2.05) is 18.2 Å². The van der Waals surface area contributed by atoms with Crippen LogP contribution in [-0.4, -0.2) is 48.4 Å². The first-order valence-corrected chi connectivity index (χ1v) is 8.07. The molecule has 0 bridgehead atoms. The Morgan fingerprint density at radius 3 is 2.38 bits per heavy atom. The topological polar surface area (TPSA) is 36.7 Å². The lowest BCUT2D eigenvalue weighted by Gasteiger charge is -2.34. The Morgan fingerprint density at radius 2 is 1.75 bits per heavy atom. The Labute approximate surface area is 139 Å². The van der Waals surface area contributed by atoms with Gasteiger partial charge in [0.2, 0.25) is 0 Å². The van der Waals surface area contributed by atoms with Gasteiger partial charge in [0, 0.05) is 32.7 Å². The van der Waals surface area contributed by atoms with Gasteiger partial charge in [-0.05, 0) is 24.1 Å². The summed E-state index contributed by atoms with van der Waals surface area (Å²) in [6.07, 6.45) is -1.72. The Hall–Kier alpha value is -2.21. The normalized spacial score (nSPS) is 15.9. The number of carbonyl (C=O) groups is 1. The standard InChI is InChI=1S/C18H20F2N2O2/c19-17(20)15-6-7-16(24-15)18(23)22-12-10-21(11-13-22)9-8-14-4-2-1-3-5-14/h1-7,17H,8-13H2. The van der Waals surface area contributed by atoms with Gasteiger partial charge in [-0.15, -0.1) is 0 Å². The Balaban J connectivity index is 1.48. The highest BCUT2D eigenvalue weighted by Crippen LogP contribution is 2.22. The van der Waals surface area contributed by atoms with Crippen molar-refractivity contribution in [1.82, 2.24) is 9.80 Å². The average molecular weight is 334 g/mol. The van der Waals surface area contributed by atoms with E-state index in [4.69, 9.17) is 4.42 Å². The van der Waals surface area contributed by atoms with Gasteiger partial charge >= 0.3 is 0 Å². The molecule has 2 heterocycles. The van der Waals surface area contributed by atoms with Gasteiger partial charge in [0.05, 0.1) is 0 Å². The molecular weight excluding hydrogens is 314 g/mol. The van der Waals surface area contributed by atoms with Crippen LogP contribution >= 0.6 is 0 Å². The van der Waals surface area contributed by atoms with Crippen molar-refractivity contribution in [2.75, 3.05) is 32.7 Å². The predicted octanol–water partition coefficient (Wildman–Crippen LogP) is 3.22. The maximum absolute atomic E-state index is 12.5. The van der Waals surface area contributed by atoms with Gasteiger partial charge in [0.25, 0.3) is 12.3 Å². The van der Waals surface area contributed by atoms with Crippen molar-refractivity contribution in [3.05, 3.63) is 59.5 Å². The van der Waals surface area contributed by atoms with E-state index in [0.717, 1.165) is 32.1 Å². The van der Waals surface area contributed by atoms with Gasteiger partial charge in [-0.1, -0.05) is 30.3 Å². The van der Waals surface area contributed by atoms with E-state index in [0.29, 0.717) is 13.1 Å². The van der Waals surface area contributed by atoms with Crippen molar-refractivity contribution in [1.29, 1.82) is 0 Å². The number of carbonyl (C=O) groups excluding carboxylic acids is 1. The van der Waals surface area contributed by atoms with Crippen molar-refractivity contribution >= 4 is 5.91 Å². The van der Waals surface area contributed by atoms with E-state index in [2.05, 4.69) is 17.0 Å². The number of amides is 1. The minimum atomic E-state index is -2.69. The van der Waals surface area contributed by atoms with Crippen LogP contribution in [0.3, 0.4) is 0 Å². The summed E-state index contributed by atoms with van der Waals surface area (Å²) < 4.78 is 30.0. The molecule has 6 heteroatoms. The maximum Gasteiger partial charge on any atom is 0.295 e. The molecule has 0 radical (unpaired) electrons. The molecule has 128 valence electrons. The number of rotatable bonds is 5. The molecular formula is C18H20F2N2O2. The minimum Gasteiger partial charge on any atom is -0.450 e. The van der Waals surface area contributed by atoms with Crippen LogP contribution < -0.4 is 0 Å². The van der Waals surface area contributed by atoms with Crippen molar-refractivity contribution in [3.8, 4) is 0 Å². The average Bonchev–Trinajstić information content (AvgIpc) is 3.11. The number of furan rings is 1. The van der Waals surface area contributed by atoms with Crippen LogP contribution in [0.5, 0.6) is 0 Å². The third-order valence-corrected chi connectivity index (χ3v) is 4.27. The molecule has 0 unspecified atom stereocenters. The second-order valence-electron chi connectivity index (χ2n) is 5.87. The Morgan fingerprint density at radius 1 is 1.04 bits per heavy atom. The van der Waals surface area contributed by atoms with Gasteiger partial charge in [0.15, 0.2) is 11.5 Å². The third-order valence-electron chi connectivity index (χ3n) is 4.27. The molecule has 24 heavy (non-hydrogen) atoms. The first kappa shape index (κ1) is 16.6. The lowest BCUT2D eigenvalue weighted by atomic mass is 10.1. The Kier molecular flexibility index (Phi) is 5.25. The van der Waals surface area contributed by atoms with Gasteiger partial charge in [-0.25, -0.2) is 8.78 Å². The SMILES string of the molecule is O=C(c1ccc(C(F)F)o1)N1CCN(CCc2ccccc2)CC1. The van der Waals surface area contributed by atoms with E-state index in [1.165, 1.54) is 11.6 Å². The van der Waals surface area contributed by atoms with Crippen LogP contribution in [0.15, 0.2) is 46.9 Å². The van der Waals surface area contributed by atoms with Crippen LogP contribution in [0, 0.1) is 0 Å². The number of hydrogen-bond donors (Lipinski definition) is 0. The number of hydrogen-bond acceptors (Lipinski definition) is 3. The quantitative estimate of drug-likeness (QED) is 0.842. The van der Waals surface area contributed by atoms with Crippen LogP contribution in [0.1, 0.15) is 28.3 Å². The van der Waals surface area contributed by atoms with E-state index in [1.54, 1.807) is 4.90 Å². The summed E-state index contributed by atoms with van der Waals surface area (Å²) in [5.74, 6) is -0.785. The molecule has 1 saturated heterocycles. The van der Waals surface area contributed by atoms with Gasteiger partial charge in [0.1, 0.15) is 0 Å². The minimum absolute atomic E-state index is 0.0111. The van der Waals surface area contributed by atoms with Crippen molar-refractivity contribution in [2.24, 2.45) is 0 Å². The van der Waals surface area contributed by atoms with Crippen LogP contribution in [-0.2, 0) is 6.42 Å². The summed E-state index contributed by atoms with van der Waals surface area (Å²) in [7, 11) is 0. The first-order valence-electron chi connectivity index (χ1n) is 8.07. The van der Waals surface area contributed by atoms with Crippen LogP contribution in [0.25, 0.3) is 0 Å². The summed E-state index contributed by atoms with van der Waals surface area (Å²) in [4.78, 5) is 16.3. The van der Waals surface area contributed by atoms with Crippen LogP contribution in [0.4, 0.5) is 8.78 Å². The molecule has 3 rings (SSSR count). The number of piperazine rings is 1. The number of halogens is 2. The molecule has 1 aromatic carbocycles. The fourth-order valence-electron chi connectivity index (χ4n) is 2.85. The highest BCUT2D eigenvalue weighted by Gasteiger charge is 2.25. The molecule has 0 atom stereocenters. The lowest BCUT2D eigenvalue weighted by molar-refractivity contribution is 0.0592. The lowest BCUT2D eigenvalue weighted by Crippen LogP contribution is -2.49. The third kappa shape index (κ3) is 4.00. The van der Waals surface area contributed by atoms with E-state index < -0.39 is 12.2 Å². The molecule has 1 fully saturated rings. The zero-order valence-corrected chi connectivity index (χ0v) is 13.3. The largest absolute Gasteiger partial charge is 0.450 e. The molecule has 0 spiro atoms. The number of alkyl halides is 2. The molecule has 1 aromatic heterocycles. The fourth-order valence-corrected chi connectivity index (χ4v) is 2.85. The summed E-state index contributed by atoms with van der Waals surface area (Å²) >= 11 is 0. The molecule has 0 saturated carbocycles. The van der Waals surface area contributed by atoms with Gasteiger partial charge in [-0.2, -0.15) is 0 Å². The molecule has 0 aliphatic carbocycles. The Bertz CT molecular complexity index is 665. The van der Waals surface area contributed by atoms with Gasteiger partial charge < -0.3 is 9.32 Å². The van der Waals surface area contributed by atoms with Crippen molar-refractivity contribution < 1.29 is 18.0 Å². The second kappa shape index (κ2) is 7.57. The van der Waals surface area contributed by atoms with E-state index in [-0.39, 0.29) is 11.7 Å². The summed E-state index contributed by atoms with van der Waals surface area (Å²) in [5.41, 5.74) is 1.30. The predicted molar refractivity (Wildman–Crippen MR) is 86.2 cm³/mol. The van der Waals surface area contributed by atoms with E-state index >= 15 is 0 Å². The number of nitrogens with zero attached hydrogens (tertiary/aromatic N) is 2. The number of benzene rings is 1. The molecule has 4 nitrogen and oxygen atoms in total. The molecule has 0 N–H and O–H groups in total. The highest BCUT2D eigenvalue weighted by molar-refractivity contribution is 5.91. The smallest absolute Gasteiger partial charge is 0.295 e.